The zero-order chi connectivity index (χ0) is 15.9. The lowest BCUT2D eigenvalue weighted by Crippen LogP contribution is -2.27. The number of anilines is 1. The van der Waals surface area contributed by atoms with Crippen molar-refractivity contribution in [1.82, 2.24) is 0 Å². The lowest BCUT2D eigenvalue weighted by atomic mass is 9.88. The number of sulfonamides is 1. The molecule has 2 saturated carbocycles. The predicted octanol–water partition coefficient (Wildman–Crippen LogP) is 1.72. The number of fused-ring (bicyclic) bond motifs is 2. The number of amides is 1. The van der Waals surface area contributed by atoms with Crippen LogP contribution in [0.4, 0.5) is 5.69 Å². The van der Waals surface area contributed by atoms with Gasteiger partial charge in [-0.25, -0.2) is 13.6 Å². The second-order valence-corrected chi connectivity index (χ2v) is 7.74. The van der Waals surface area contributed by atoms with Gasteiger partial charge in [0.15, 0.2) is 0 Å². The molecule has 0 aromatic heterocycles. The number of hydrogen-bond donors (Lipinski definition) is 2. The molecule has 1 aromatic carbocycles. The fourth-order valence-electron chi connectivity index (χ4n) is 3.75. The van der Waals surface area contributed by atoms with Gasteiger partial charge in [-0.15, -0.1) is 0 Å². The Morgan fingerprint density at radius 2 is 2.09 bits per heavy atom. The SMILES string of the molecule is COc1ccc(S(N)(=O)=O)cc1NC(=O)C1CC2CCC1C2. The van der Waals surface area contributed by atoms with Crippen molar-refractivity contribution in [2.75, 3.05) is 12.4 Å². The number of rotatable bonds is 4. The Morgan fingerprint density at radius 3 is 2.64 bits per heavy atom. The van der Waals surface area contributed by atoms with Crippen LogP contribution in [-0.2, 0) is 14.8 Å². The molecule has 2 fully saturated rings. The normalized spacial score (nSPS) is 26.9. The highest BCUT2D eigenvalue weighted by molar-refractivity contribution is 7.89. The fraction of sp³-hybridized carbons (Fsp3) is 0.533. The van der Waals surface area contributed by atoms with Crippen LogP contribution in [0.15, 0.2) is 23.1 Å². The molecule has 6 nitrogen and oxygen atoms in total. The Bertz CT molecular complexity index is 701. The summed E-state index contributed by atoms with van der Waals surface area (Å²) in [6.07, 6.45) is 4.38. The van der Waals surface area contributed by atoms with E-state index in [0.29, 0.717) is 23.3 Å². The van der Waals surface area contributed by atoms with Gasteiger partial charge in [-0.1, -0.05) is 6.42 Å². The topological polar surface area (TPSA) is 98.5 Å². The number of hydrogen-bond acceptors (Lipinski definition) is 4. The first-order chi connectivity index (χ1) is 10.4. The molecule has 0 saturated heterocycles. The summed E-state index contributed by atoms with van der Waals surface area (Å²) in [5, 5.41) is 7.96. The molecule has 120 valence electrons. The van der Waals surface area contributed by atoms with E-state index >= 15 is 0 Å². The molecule has 1 amide bonds. The first kappa shape index (κ1) is 15.3. The van der Waals surface area contributed by atoms with Crippen LogP contribution in [0.2, 0.25) is 0 Å². The Morgan fingerprint density at radius 1 is 1.32 bits per heavy atom. The molecular weight excluding hydrogens is 304 g/mol. The summed E-state index contributed by atoms with van der Waals surface area (Å²) >= 11 is 0. The van der Waals surface area contributed by atoms with E-state index in [1.54, 1.807) is 0 Å². The highest BCUT2D eigenvalue weighted by atomic mass is 32.2. The van der Waals surface area contributed by atoms with E-state index in [2.05, 4.69) is 5.32 Å². The Labute approximate surface area is 130 Å². The van der Waals surface area contributed by atoms with Crippen molar-refractivity contribution in [3.8, 4) is 5.75 Å². The quantitative estimate of drug-likeness (QED) is 0.881. The standard InChI is InChI=1S/C15H20N2O4S/c1-21-14-5-4-11(22(16,19)20)8-13(14)17-15(18)12-7-9-2-3-10(12)6-9/h4-5,8-10,12H,2-3,6-7H2,1H3,(H,17,18)(H2,16,19,20). The van der Waals surface area contributed by atoms with Crippen LogP contribution in [-0.4, -0.2) is 21.4 Å². The van der Waals surface area contributed by atoms with Crippen molar-refractivity contribution < 1.29 is 17.9 Å². The summed E-state index contributed by atoms with van der Waals surface area (Å²) in [5.41, 5.74) is 0.349. The van der Waals surface area contributed by atoms with Crippen LogP contribution in [0.5, 0.6) is 5.75 Å². The van der Waals surface area contributed by atoms with Crippen molar-refractivity contribution in [2.24, 2.45) is 22.9 Å². The summed E-state index contributed by atoms with van der Waals surface area (Å²) in [6, 6.07) is 4.21. The lowest BCUT2D eigenvalue weighted by Gasteiger charge is -2.21. The minimum atomic E-state index is -3.82. The number of carbonyl (C=O) groups excluding carboxylic acids is 1. The second-order valence-electron chi connectivity index (χ2n) is 6.18. The first-order valence-electron chi connectivity index (χ1n) is 7.40. The molecule has 0 heterocycles. The zero-order valence-electron chi connectivity index (χ0n) is 12.4. The van der Waals surface area contributed by atoms with Gasteiger partial charge in [0.05, 0.1) is 17.7 Å². The van der Waals surface area contributed by atoms with Crippen molar-refractivity contribution in [1.29, 1.82) is 0 Å². The summed E-state index contributed by atoms with van der Waals surface area (Å²) < 4.78 is 28.1. The maximum atomic E-state index is 12.5. The van der Waals surface area contributed by atoms with E-state index in [-0.39, 0.29) is 16.7 Å². The average molecular weight is 324 g/mol. The van der Waals surface area contributed by atoms with Gasteiger partial charge in [0.1, 0.15) is 5.75 Å². The van der Waals surface area contributed by atoms with E-state index in [0.717, 1.165) is 19.3 Å². The smallest absolute Gasteiger partial charge is 0.238 e. The van der Waals surface area contributed by atoms with Crippen LogP contribution >= 0.6 is 0 Å². The molecule has 3 unspecified atom stereocenters. The molecule has 22 heavy (non-hydrogen) atoms. The van der Waals surface area contributed by atoms with Gasteiger partial charge in [0, 0.05) is 5.92 Å². The molecular formula is C15H20N2O4S. The van der Waals surface area contributed by atoms with Crippen molar-refractivity contribution in [3.05, 3.63) is 18.2 Å². The number of carbonyl (C=O) groups is 1. The molecule has 3 atom stereocenters. The fourth-order valence-corrected chi connectivity index (χ4v) is 4.29. The predicted molar refractivity (Wildman–Crippen MR) is 81.9 cm³/mol. The van der Waals surface area contributed by atoms with Crippen molar-refractivity contribution >= 4 is 21.6 Å². The minimum absolute atomic E-state index is 0.0154. The Kier molecular flexibility index (Phi) is 3.86. The summed E-state index contributed by atoms with van der Waals surface area (Å²) in [6.45, 7) is 0. The molecule has 3 N–H and O–H groups in total. The number of nitrogens with one attached hydrogen (secondary N) is 1. The zero-order valence-corrected chi connectivity index (χ0v) is 13.2. The highest BCUT2D eigenvalue weighted by Crippen LogP contribution is 2.48. The number of primary sulfonamides is 1. The molecule has 2 aliphatic carbocycles. The maximum absolute atomic E-state index is 12.5. The van der Waals surface area contributed by atoms with Gasteiger partial charge in [-0.3, -0.25) is 4.79 Å². The van der Waals surface area contributed by atoms with E-state index in [1.165, 1.54) is 31.7 Å². The average Bonchev–Trinajstić information content (AvgIpc) is 3.09. The van der Waals surface area contributed by atoms with E-state index in [9.17, 15) is 13.2 Å². The number of benzene rings is 1. The van der Waals surface area contributed by atoms with Gasteiger partial charge in [-0.05, 0) is 49.3 Å². The van der Waals surface area contributed by atoms with Crippen LogP contribution in [0.3, 0.4) is 0 Å². The molecule has 0 aliphatic heterocycles. The van der Waals surface area contributed by atoms with Gasteiger partial charge >= 0.3 is 0 Å². The third-order valence-electron chi connectivity index (χ3n) is 4.83. The minimum Gasteiger partial charge on any atom is -0.495 e. The first-order valence-corrected chi connectivity index (χ1v) is 8.95. The van der Waals surface area contributed by atoms with Gasteiger partial charge < -0.3 is 10.1 Å². The third-order valence-corrected chi connectivity index (χ3v) is 5.74. The molecule has 2 bridgehead atoms. The molecule has 3 rings (SSSR count). The molecule has 1 aromatic rings. The molecule has 7 heteroatoms. The van der Waals surface area contributed by atoms with Crippen LogP contribution in [0.25, 0.3) is 0 Å². The monoisotopic (exact) mass is 324 g/mol. The summed E-state index contributed by atoms with van der Waals surface area (Å²) in [4.78, 5) is 12.4. The lowest BCUT2D eigenvalue weighted by molar-refractivity contribution is -0.121. The van der Waals surface area contributed by atoms with Crippen LogP contribution < -0.4 is 15.2 Å². The molecule has 0 radical (unpaired) electrons. The van der Waals surface area contributed by atoms with Crippen molar-refractivity contribution in [2.45, 2.75) is 30.6 Å². The van der Waals surface area contributed by atoms with Gasteiger partial charge in [0.25, 0.3) is 0 Å². The van der Waals surface area contributed by atoms with Crippen LogP contribution in [0, 0.1) is 17.8 Å². The Balaban J connectivity index is 1.83. The number of nitrogens with two attached hydrogens (primary N) is 1. The largest absolute Gasteiger partial charge is 0.495 e. The maximum Gasteiger partial charge on any atom is 0.238 e. The van der Waals surface area contributed by atoms with Gasteiger partial charge in [-0.2, -0.15) is 0 Å². The van der Waals surface area contributed by atoms with E-state index in [1.807, 2.05) is 0 Å². The van der Waals surface area contributed by atoms with Crippen molar-refractivity contribution in [3.63, 3.8) is 0 Å². The van der Waals surface area contributed by atoms with Crippen LogP contribution in [0.1, 0.15) is 25.7 Å². The number of ether oxygens (including phenoxy) is 1. The van der Waals surface area contributed by atoms with E-state index < -0.39 is 10.0 Å². The summed E-state index contributed by atoms with van der Waals surface area (Å²) in [7, 11) is -2.35. The molecule has 0 spiro atoms. The highest BCUT2D eigenvalue weighted by Gasteiger charge is 2.43. The molecule has 2 aliphatic rings. The summed E-state index contributed by atoms with van der Waals surface area (Å²) in [5.74, 6) is 1.50. The number of methoxy groups -OCH3 is 1. The second kappa shape index (κ2) is 5.55. The third kappa shape index (κ3) is 2.83. The van der Waals surface area contributed by atoms with E-state index in [4.69, 9.17) is 9.88 Å². The van der Waals surface area contributed by atoms with Gasteiger partial charge in [0.2, 0.25) is 15.9 Å². The Hall–Kier alpha value is -1.60.